The molecule has 0 unspecified atom stereocenters. The van der Waals surface area contributed by atoms with E-state index in [1.54, 1.807) is 25.1 Å². The average molecular weight is 345 g/mol. The summed E-state index contributed by atoms with van der Waals surface area (Å²) in [4.78, 5) is 22.9. The van der Waals surface area contributed by atoms with Crippen LogP contribution in [0.1, 0.15) is 24.2 Å². The lowest BCUT2D eigenvalue weighted by molar-refractivity contribution is -0.145. The molecule has 1 aromatic rings. The molecule has 0 aromatic heterocycles. The van der Waals surface area contributed by atoms with E-state index in [0.29, 0.717) is 30.3 Å². The average Bonchev–Trinajstić information content (AvgIpc) is 2.45. The Labute approximate surface area is 126 Å². The van der Waals surface area contributed by atoms with Gasteiger partial charge in [0, 0.05) is 5.56 Å². The fourth-order valence-electron chi connectivity index (χ4n) is 1.49. The van der Waals surface area contributed by atoms with E-state index in [2.05, 4.69) is 15.9 Å². The fourth-order valence-corrected chi connectivity index (χ4v) is 1.81. The Balaban J connectivity index is 2.84. The first kappa shape index (κ1) is 16.5. The van der Waals surface area contributed by atoms with Crippen LogP contribution in [0, 0.1) is 0 Å². The number of alkyl halides is 1. The van der Waals surface area contributed by atoms with Gasteiger partial charge in [0.05, 0.1) is 18.5 Å². The van der Waals surface area contributed by atoms with Crippen molar-refractivity contribution in [3.8, 4) is 11.5 Å². The van der Waals surface area contributed by atoms with Crippen molar-refractivity contribution in [2.75, 3.05) is 25.2 Å². The van der Waals surface area contributed by atoms with Crippen LogP contribution in [0.4, 0.5) is 0 Å². The summed E-state index contributed by atoms with van der Waals surface area (Å²) in [5, 5.41) is 0.238. The third kappa shape index (κ3) is 4.85. The molecular formula is C14H17BrO5. The molecule has 1 aromatic carbocycles. The molecule has 0 aliphatic carbocycles. The highest BCUT2D eigenvalue weighted by atomic mass is 79.9. The minimum Gasteiger partial charge on any atom is -0.490 e. The minimum atomic E-state index is -0.449. The van der Waals surface area contributed by atoms with E-state index in [0.717, 1.165) is 0 Å². The standard InChI is InChI=1S/C14H17BrO5/c1-3-18-13-7-10(11(16)8-15)5-6-12(13)20-9-14(17)19-4-2/h5-7H,3-4,8-9H2,1-2H3. The van der Waals surface area contributed by atoms with Crippen LogP contribution in [0.3, 0.4) is 0 Å². The number of esters is 1. The van der Waals surface area contributed by atoms with Crippen molar-refractivity contribution in [3.63, 3.8) is 0 Å². The number of carbonyl (C=O) groups excluding carboxylic acids is 2. The van der Waals surface area contributed by atoms with Gasteiger partial charge < -0.3 is 14.2 Å². The number of halogens is 1. The largest absolute Gasteiger partial charge is 0.490 e. The molecule has 0 saturated carbocycles. The van der Waals surface area contributed by atoms with Gasteiger partial charge in [0.25, 0.3) is 0 Å². The molecular weight excluding hydrogens is 328 g/mol. The van der Waals surface area contributed by atoms with E-state index in [-0.39, 0.29) is 17.7 Å². The van der Waals surface area contributed by atoms with Gasteiger partial charge in [-0.15, -0.1) is 0 Å². The summed E-state index contributed by atoms with van der Waals surface area (Å²) in [6, 6.07) is 4.85. The topological polar surface area (TPSA) is 61.8 Å². The van der Waals surface area contributed by atoms with Crippen molar-refractivity contribution in [3.05, 3.63) is 23.8 Å². The van der Waals surface area contributed by atoms with E-state index >= 15 is 0 Å². The Morgan fingerprint density at radius 3 is 2.45 bits per heavy atom. The lowest BCUT2D eigenvalue weighted by atomic mass is 10.1. The summed E-state index contributed by atoms with van der Waals surface area (Å²) in [5.74, 6) is 0.341. The van der Waals surface area contributed by atoms with Crippen LogP contribution in [0.5, 0.6) is 11.5 Å². The van der Waals surface area contributed by atoms with Crippen LogP contribution in [0.2, 0.25) is 0 Å². The predicted octanol–water partition coefficient (Wildman–Crippen LogP) is 2.60. The molecule has 110 valence electrons. The maximum atomic E-state index is 11.6. The third-order valence-electron chi connectivity index (χ3n) is 2.34. The number of Topliss-reactive ketones (excluding diaryl/α,β-unsaturated/α-hetero) is 1. The van der Waals surface area contributed by atoms with E-state index in [1.165, 1.54) is 0 Å². The highest BCUT2D eigenvalue weighted by molar-refractivity contribution is 9.09. The molecule has 0 amide bonds. The van der Waals surface area contributed by atoms with Gasteiger partial charge in [-0.2, -0.15) is 0 Å². The molecule has 0 aliphatic heterocycles. The number of benzene rings is 1. The molecule has 0 spiro atoms. The third-order valence-corrected chi connectivity index (χ3v) is 2.85. The monoisotopic (exact) mass is 344 g/mol. The lowest BCUT2D eigenvalue weighted by Crippen LogP contribution is -2.15. The first-order valence-electron chi connectivity index (χ1n) is 6.26. The lowest BCUT2D eigenvalue weighted by Gasteiger charge is -2.12. The van der Waals surface area contributed by atoms with E-state index < -0.39 is 5.97 Å². The molecule has 0 radical (unpaired) electrons. The molecule has 0 saturated heterocycles. The molecule has 6 heteroatoms. The van der Waals surface area contributed by atoms with Crippen LogP contribution >= 0.6 is 15.9 Å². The second-order valence-corrected chi connectivity index (χ2v) is 4.31. The van der Waals surface area contributed by atoms with Crippen molar-refractivity contribution in [1.82, 2.24) is 0 Å². The van der Waals surface area contributed by atoms with Crippen molar-refractivity contribution >= 4 is 27.7 Å². The second-order valence-electron chi connectivity index (χ2n) is 3.75. The van der Waals surface area contributed by atoms with Crippen LogP contribution in [0.25, 0.3) is 0 Å². The molecule has 0 bridgehead atoms. The van der Waals surface area contributed by atoms with Gasteiger partial charge in [-0.25, -0.2) is 4.79 Å². The Morgan fingerprint density at radius 1 is 1.10 bits per heavy atom. The second kappa shape index (κ2) is 8.58. The van der Waals surface area contributed by atoms with Gasteiger partial charge in [-0.3, -0.25) is 4.79 Å². The van der Waals surface area contributed by atoms with E-state index in [4.69, 9.17) is 14.2 Å². The van der Waals surface area contributed by atoms with Crippen molar-refractivity contribution in [2.24, 2.45) is 0 Å². The zero-order chi connectivity index (χ0) is 15.0. The Hall–Kier alpha value is -1.56. The number of ether oxygens (including phenoxy) is 3. The molecule has 0 N–H and O–H groups in total. The molecule has 20 heavy (non-hydrogen) atoms. The number of rotatable bonds is 8. The summed E-state index contributed by atoms with van der Waals surface area (Å²) in [7, 11) is 0. The van der Waals surface area contributed by atoms with Gasteiger partial charge in [0.15, 0.2) is 23.9 Å². The number of ketones is 1. The number of hydrogen-bond acceptors (Lipinski definition) is 5. The van der Waals surface area contributed by atoms with Crippen molar-refractivity contribution in [1.29, 1.82) is 0 Å². The highest BCUT2D eigenvalue weighted by Gasteiger charge is 2.12. The molecule has 0 aliphatic rings. The van der Waals surface area contributed by atoms with Crippen LogP contribution in [0.15, 0.2) is 18.2 Å². The molecule has 0 heterocycles. The van der Waals surface area contributed by atoms with Crippen molar-refractivity contribution in [2.45, 2.75) is 13.8 Å². The predicted molar refractivity (Wildman–Crippen MR) is 77.9 cm³/mol. The Kier molecular flexibility index (Phi) is 7.08. The fraction of sp³-hybridized carbons (Fsp3) is 0.429. The molecule has 0 fully saturated rings. The zero-order valence-electron chi connectivity index (χ0n) is 11.5. The summed E-state index contributed by atoms with van der Waals surface area (Å²) in [5.41, 5.74) is 0.522. The molecule has 1 rings (SSSR count). The Morgan fingerprint density at radius 2 is 1.85 bits per heavy atom. The van der Waals surface area contributed by atoms with Gasteiger partial charge in [0.1, 0.15) is 0 Å². The van der Waals surface area contributed by atoms with Crippen LogP contribution in [-0.2, 0) is 9.53 Å². The highest BCUT2D eigenvalue weighted by Crippen LogP contribution is 2.28. The summed E-state index contributed by atoms with van der Waals surface area (Å²) in [6.07, 6.45) is 0. The van der Waals surface area contributed by atoms with Crippen LogP contribution in [-0.4, -0.2) is 36.9 Å². The number of carbonyl (C=O) groups is 2. The number of hydrogen-bond donors (Lipinski definition) is 0. The summed E-state index contributed by atoms with van der Waals surface area (Å²) in [6.45, 7) is 4.10. The van der Waals surface area contributed by atoms with E-state index in [9.17, 15) is 9.59 Å². The molecule has 5 nitrogen and oxygen atoms in total. The minimum absolute atomic E-state index is 0.0529. The maximum Gasteiger partial charge on any atom is 0.344 e. The van der Waals surface area contributed by atoms with Gasteiger partial charge in [0.2, 0.25) is 0 Å². The summed E-state index contributed by atoms with van der Waals surface area (Å²) >= 11 is 3.12. The van der Waals surface area contributed by atoms with Gasteiger partial charge in [-0.1, -0.05) is 15.9 Å². The first-order valence-corrected chi connectivity index (χ1v) is 7.38. The maximum absolute atomic E-state index is 11.6. The van der Waals surface area contributed by atoms with Gasteiger partial charge >= 0.3 is 5.97 Å². The quantitative estimate of drug-likeness (QED) is 0.412. The zero-order valence-corrected chi connectivity index (χ0v) is 13.1. The first-order chi connectivity index (χ1) is 9.62. The SMILES string of the molecule is CCOC(=O)COc1ccc(C(=O)CBr)cc1OCC. The van der Waals surface area contributed by atoms with Gasteiger partial charge in [-0.05, 0) is 32.0 Å². The summed E-state index contributed by atoms with van der Waals surface area (Å²) < 4.78 is 15.5. The van der Waals surface area contributed by atoms with Crippen LogP contribution < -0.4 is 9.47 Å². The van der Waals surface area contributed by atoms with Crippen molar-refractivity contribution < 1.29 is 23.8 Å². The Bertz CT molecular complexity index is 473. The van der Waals surface area contributed by atoms with E-state index in [1.807, 2.05) is 6.92 Å². The smallest absolute Gasteiger partial charge is 0.344 e. The molecule has 0 atom stereocenters. The normalized spacial score (nSPS) is 9.95.